The highest BCUT2D eigenvalue weighted by atomic mass is 35.5. The number of carbonyl (C=O) groups is 2. The molecule has 0 aliphatic carbocycles. The molecule has 4 heteroatoms. The van der Waals surface area contributed by atoms with Crippen LogP contribution in [0.15, 0.2) is 48.5 Å². The standard InChI is InChI=1S/C15H12ClNO2/c1-10(18)17-14-9-5-3-7-12(14)15(19)11-6-2-4-8-13(11)16/h2-9H,1H3,(H,17,18). The third-order valence-corrected chi connectivity index (χ3v) is 2.93. The van der Waals surface area contributed by atoms with Gasteiger partial charge >= 0.3 is 0 Å². The Kier molecular flexibility index (Phi) is 3.97. The van der Waals surface area contributed by atoms with Crippen molar-refractivity contribution in [3.05, 3.63) is 64.7 Å². The Bertz CT molecular complexity index is 638. The molecule has 0 radical (unpaired) electrons. The third kappa shape index (κ3) is 3.01. The topological polar surface area (TPSA) is 46.2 Å². The lowest BCUT2D eigenvalue weighted by Crippen LogP contribution is -2.11. The number of hydrogen-bond acceptors (Lipinski definition) is 2. The van der Waals surface area contributed by atoms with Crippen LogP contribution in [-0.4, -0.2) is 11.7 Å². The van der Waals surface area contributed by atoms with Gasteiger partial charge in [0.15, 0.2) is 5.78 Å². The van der Waals surface area contributed by atoms with Gasteiger partial charge in [-0.3, -0.25) is 9.59 Å². The van der Waals surface area contributed by atoms with Gasteiger partial charge in [0.05, 0.1) is 10.7 Å². The van der Waals surface area contributed by atoms with E-state index >= 15 is 0 Å². The molecule has 19 heavy (non-hydrogen) atoms. The number of carbonyl (C=O) groups excluding carboxylic acids is 2. The van der Waals surface area contributed by atoms with Crippen LogP contribution in [0.2, 0.25) is 5.02 Å². The summed E-state index contributed by atoms with van der Waals surface area (Å²) in [4.78, 5) is 23.6. The van der Waals surface area contributed by atoms with E-state index in [9.17, 15) is 9.59 Å². The smallest absolute Gasteiger partial charge is 0.221 e. The molecule has 0 spiro atoms. The Morgan fingerprint density at radius 1 is 0.947 bits per heavy atom. The van der Waals surface area contributed by atoms with Crippen molar-refractivity contribution in [3.63, 3.8) is 0 Å². The summed E-state index contributed by atoms with van der Waals surface area (Å²) >= 11 is 6.02. The molecule has 0 aromatic heterocycles. The van der Waals surface area contributed by atoms with Crippen LogP contribution in [-0.2, 0) is 4.79 Å². The van der Waals surface area contributed by atoms with Crippen LogP contribution in [0.1, 0.15) is 22.8 Å². The Morgan fingerprint density at radius 3 is 2.16 bits per heavy atom. The van der Waals surface area contributed by atoms with Gasteiger partial charge in [0.2, 0.25) is 5.91 Å². The summed E-state index contributed by atoms with van der Waals surface area (Å²) < 4.78 is 0. The molecule has 0 aliphatic heterocycles. The molecule has 0 saturated carbocycles. The first-order valence-electron chi connectivity index (χ1n) is 5.75. The third-order valence-electron chi connectivity index (χ3n) is 2.60. The van der Waals surface area contributed by atoms with Gasteiger partial charge in [-0.25, -0.2) is 0 Å². The number of hydrogen-bond donors (Lipinski definition) is 1. The molecule has 0 unspecified atom stereocenters. The second-order valence-electron chi connectivity index (χ2n) is 4.04. The number of para-hydroxylation sites is 1. The van der Waals surface area contributed by atoms with Crippen LogP contribution in [0, 0.1) is 0 Å². The Morgan fingerprint density at radius 2 is 1.53 bits per heavy atom. The number of amides is 1. The van der Waals surface area contributed by atoms with Crippen molar-refractivity contribution >= 4 is 29.0 Å². The van der Waals surface area contributed by atoms with Crippen LogP contribution in [0.5, 0.6) is 0 Å². The van der Waals surface area contributed by atoms with Crippen LogP contribution >= 0.6 is 11.6 Å². The molecule has 0 bridgehead atoms. The number of nitrogens with one attached hydrogen (secondary N) is 1. The van der Waals surface area contributed by atoms with E-state index in [-0.39, 0.29) is 11.7 Å². The molecule has 1 N–H and O–H groups in total. The molecule has 1 amide bonds. The van der Waals surface area contributed by atoms with Crippen molar-refractivity contribution in [2.45, 2.75) is 6.92 Å². The lowest BCUT2D eigenvalue weighted by molar-refractivity contribution is -0.114. The molecule has 0 saturated heterocycles. The maximum Gasteiger partial charge on any atom is 0.221 e. The SMILES string of the molecule is CC(=O)Nc1ccccc1C(=O)c1ccccc1Cl. The first-order valence-corrected chi connectivity index (χ1v) is 6.13. The molecular weight excluding hydrogens is 262 g/mol. The lowest BCUT2D eigenvalue weighted by atomic mass is 10.0. The molecule has 2 aromatic carbocycles. The summed E-state index contributed by atoms with van der Waals surface area (Å²) in [6, 6.07) is 13.7. The van der Waals surface area contributed by atoms with Gasteiger partial charge in [-0.2, -0.15) is 0 Å². The average Bonchev–Trinajstić information content (AvgIpc) is 2.38. The highest BCUT2D eigenvalue weighted by molar-refractivity contribution is 6.35. The van der Waals surface area contributed by atoms with Crippen LogP contribution < -0.4 is 5.32 Å². The molecule has 0 heterocycles. The number of rotatable bonds is 3. The minimum atomic E-state index is -0.223. The summed E-state index contributed by atoms with van der Waals surface area (Å²) in [7, 11) is 0. The maximum absolute atomic E-state index is 12.4. The van der Waals surface area contributed by atoms with Crippen molar-refractivity contribution in [3.8, 4) is 0 Å². The Labute approximate surface area is 116 Å². The Hall–Kier alpha value is -2.13. The largest absolute Gasteiger partial charge is 0.326 e. The van der Waals surface area contributed by atoms with E-state index in [0.29, 0.717) is 21.8 Å². The number of halogens is 1. The normalized spacial score (nSPS) is 10.0. The maximum atomic E-state index is 12.4. The fourth-order valence-electron chi connectivity index (χ4n) is 1.77. The van der Waals surface area contributed by atoms with Gasteiger partial charge < -0.3 is 5.32 Å². The van der Waals surface area contributed by atoms with Crippen molar-refractivity contribution in [2.24, 2.45) is 0 Å². The van der Waals surface area contributed by atoms with Crippen LogP contribution in [0.4, 0.5) is 5.69 Å². The molecule has 0 fully saturated rings. The van der Waals surface area contributed by atoms with Crippen molar-refractivity contribution in [1.82, 2.24) is 0 Å². The van der Waals surface area contributed by atoms with Gasteiger partial charge in [0.25, 0.3) is 0 Å². The molecule has 2 rings (SSSR count). The summed E-state index contributed by atoms with van der Waals surface area (Å²) in [6.45, 7) is 1.40. The summed E-state index contributed by atoms with van der Waals surface area (Å²) in [5.41, 5.74) is 1.33. The fourth-order valence-corrected chi connectivity index (χ4v) is 1.99. The Balaban J connectivity index is 2.45. The minimum Gasteiger partial charge on any atom is -0.326 e. The molecule has 0 atom stereocenters. The van der Waals surface area contributed by atoms with Crippen molar-refractivity contribution < 1.29 is 9.59 Å². The second kappa shape index (κ2) is 5.67. The summed E-state index contributed by atoms with van der Waals surface area (Å²) in [5.74, 6) is -0.436. The average molecular weight is 274 g/mol. The van der Waals surface area contributed by atoms with Gasteiger partial charge in [0, 0.05) is 18.1 Å². The zero-order chi connectivity index (χ0) is 13.8. The van der Waals surface area contributed by atoms with Gasteiger partial charge in [0.1, 0.15) is 0 Å². The van der Waals surface area contributed by atoms with E-state index in [2.05, 4.69) is 5.32 Å². The highest BCUT2D eigenvalue weighted by Gasteiger charge is 2.16. The monoisotopic (exact) mass is 273 g/mol. The van der Waals surface area contributed by atoms with E-state index in [1.54, 1.807) is 48.5 Å². The number of anilines is 1. The molecule has 0 aliphatic rings. The zero-order valence-corrected chi connectivity index (χ0v) is 11.1. The first-order chi connectivity index (χ1) is 9.09. The van der Waals surface area contributed by atoms with Gasteiger partial charge in [-0.1, -0.05) is 35.9 Å². The summed E-state index contributed by atoms with van der Waals surface area (Å²) in [5, 5.41) is 3.03. The quantitative estimate of drug-likeness (QED) is 0.870. The molecule has 96 valence electrons. The zero-order valence-electron chi connectivity index (χ0n) is 10.3. The fraction of sp³-hybridized carbons (Fsp3) is 0.0667. The van der Waals surface area contributed by atoms with E-state index < -0.39 is 0 Å². The molecule has 3 nitrogen and oxygen atoms in total. The van der Waals surface area contributed by atoms with E-state index in [4.69, 9.17) is 11.6 Å². The lowest BCUT2D eigenvalue weighted by Gasteiger charge is -2.09. The van der Waals surface area contributed by atoms with E-state index in [0.717, 1.165) is 0 Å². The second-order valence-corrected chi connectivity index (χ2v) is 4.44. The first kappa shape index (κ1) is 13.3. The van der Waals surface area contributed by atoms with Crippen molar-refractivity contribution in [1.29, 1.82) is 0 Å². The van der Waals surface area contributed by atoms with Gasteiger partial charge in [-0.15, -0.1) is 0 Å². The van der Waals surface area contributed by atoms with Gasteiger partial charge in [-0.05, 0) is 24.3 Å². The van der Waals surface area contributed by atoms with Crippen LogP contribution in [0.25, 0.3) is 0 Å². The van der Waals surface area contributed by atoms with Crippen molar-refractivity contribution in [2.75, 3.05) is 5.32 Å². The number of ketones is 1. The number of benzene rings is 2. The van der Waals surface area contributed by atoms with E-state index in [1.165, 1.54) is 6.92 Å². The molecule has 2 aromatic rings. The van der Waals surface area contributed by atoms with E-state index in [1.807, 2.05) is 0 Å². The predicted octanol–water partition coefficient (Wildman–Crippen LogP) is 3.53. The predicted molar refractivity (Wildman–Crippen MR) is 75.6 cm³/mol. The highest BCUT2D eigenvalue weighted by Crippen LogP contribution is 2.23. The molecular formula is C15H12ClNO2. The van der Waals surface area contributed by atoms with Crippen LogP contribution in [0.3, 0.4) is 0 Å². The minimum absolute atomic E-state index is 0.213. The summed E-state index contributed by atoms with van der Waals surface area (Å²) in [6.07, 6.45) is 0.